The van der Waals surface area contributed by atoms with Gasteiger partial charge in [-0.05, 0) is 57.8 Å². The number of phosphoric acid groups is 2. The summed E-state index contributed by atoms with van der Waals surface area (Å²) in [4.78, 5) is 56.8. The molecule has 2 aliphatic rings. The molecule has 0 amide bonds. The molecule has 0 aromatic carbocycles. The third kappa shape index (κ3) is 25.8. The number of hydrogen-bond donors (Lipinski definition) is 10. The maximum atomic E-state index is 13.8. The molecule has 0 aromatic rings. The fourth-order valence-corrected chi connectivity index (χ4v) is 9.66. The summed E-state index contributed by atoms with van der Waals surface area (Å²) in [6.07, 6.45) is 5.31. The lowest BCUT2D eigenvalue weighted by Crippen LogP contribution is -2.56. The van der Waals surface area contributed by atoms with Gasteiger partial charge < -0.3 is 59.9 Å². The highest BCUT2D eigenvalue weighted by molar-refractivity contribution is 7.47. The highest BCUT2D eigenvalue weighted by Crippen LogP contribution is 2.50. The van der Waals surface area contributed by atoms with Crippen LogP contribution in [-0.4, -0.2) is 137 Å². The van der Waals surface area contributed by atoms with Gasteiger partial charge in [0.15, 0.2) is 6.10 Å². The minimum atomic E-state index is -5.76. The van der Waals surface area contributed by atoms with Crippen molar-refractivity contribution in [3.8, 4) is 0 Å². The van der Waals surface area contributed by atoms with Crippen LogP contribution in [0.3, 0.4) is 0 Å². The first kappa shape index (κ1) is 62.0. The van der Waals surface area contributed by atoms with Crippen molar-refractivity contribution < 1.29 is 92.2 Å². The lowest BCUT2D eigenvalue weighted by Gasteiger charge is -2.39. The number of rotatable bonds is 22. The number of fused-ring (bicyclic) bond motifs is 4. The summed E-state index contributed by atoms with van der Waals surface area (Å²) in [5, 5.41) is 79.9. The molecule has 2 bridgehead atoms. The van der Waals surface area contributed by atoms with Crippen LogP contribution in [0.1, 0.15) is 149 Å². The Morgan fingerprint density at radius 1 is 0.809 bits per heavy atom. The minimum Gasteiger partial charge on any atom is -0.462 e. The van der Waals surface area contributed by atoms with Gasteiger partial charge in [0, 0.05) is 31.1 Å². The zero-order valence-electron chi connectivity index (χ0n) is 39.9. The van der Waals surface area contributed by atoms with E-state index in [0.29, 0.717) is 38.5 Å². The fourth-order valence-electron chi connectivity index (χ4n) is 8.13. The predicted octanol–water partition coefficient (Wildman–Crippen LogP) is 5.66. The van der Waals surface area contributed by atoms with E-state index in [1.54, 1.807) is 0 Å². The molecule has 394 valence electrons. The van der Waals surface area contributed by atoms with Gasteiger partial charge in [-0.25, -0.2) is 9.13 Å². The summed E-state index contributed by atoms with van der Waals surface area (Å²) in [6.45, 7) is 2.47. The molecule has 0 radical (unpaired) electrons. The van der Waals surface area contributed by atoms with Crippen LogP contribution in [0, 0.1) is 11.8 Å². The largest absolute Gasteiger partial charge is 0.472 e. The summed E-state index contributed by atoms with van der Waals surface area (Å²) in [6, 6.07) is 0. The number of esters is 2. The lowest BCUT2D eigenvalue weighted by molar-refractivity contribution is -0.165. The third-order valence-corrected chi connectivity index (χ3v) is 13.5. The van der Waals surface area contributed by atoms with Crippen molar-refractivity contribution in [1.82, 2.24) is 0 Å². The molecule has 1 aliphatic carbocycles. The Kier molecular flexibility index (Phi) is 31.2. The van der Waals surface area contributed by atoms with Crippen molar-refractivity contribution in [1.29, 1.82) is 0 Å². The SMILES string of the molecule is CC/C=C\C/C=C\C/C=C\CCCCCCCC(=O)O[C@@H]1COC(=O)CCCCCC[C@@H]2[C@@H](O)[C@H](O)[C@@H](O)[C@H](OP(=O)(O)OC1)[C@H](OP(=O)(O)O)[C@H](O)[C@@H](/C=C/[C@@H](O)CCCCC)[C@H](O)C[C@@H]2O. The molecule has 1 saturated heterocycles. The number of allylic oxidation sites excluding steroid dienone is 6. The molecule has 2 fully saturated rings. The second kappa shape index (κ2) is 34.2. The average molecular weight is 1010 g/mol. The number of phosphoric ester groups is 2. The average Bonchev–Trinajstić information content (AvgIpc) is 3.28. The van der Waals surface area contributed by atoms with Gasteiger partial charge in [-0.2, -0.15) is 0 Å². The summed E-state index contributed by atoms with van der Waals surface area (Å²) in [7, 11) is -11.4. The second-order valence-corrected chi connectivity index (χ2v) is 20.4. The van der Waals surface area contributed by atoms with E-state index in [4.69, 9.17) is 23.0 Å². The minimum absolute atomic E-state index is 0.0290. The van der Waals surface area contributed by atoms with Gasteiger partial charge in [0.1, 0.15) is 31.0 Å². The molecule has 10 N–H and O–H groups in total. The van der Waals surface area contributed by atoms with E-state index in [1.165, 1.54) is 6.08 Å². The second-order valence-electron chi connectivity index (χ2n) is 17.8. The molecule has 21 heteroatoms. The van der Waals surface area contributed by atoms with E-state index in [0.717, 1.165) is 63.9 Å². The topological polar surface area (TPSA) is 317 Å². The van der Waals surface area contributed by atoms with Crippen LogP contribution in [0.2, 0.25) is 0 Å². The van der Waals surface area contributed by atoms with Crippen LogP contribution in [0.5, 0.6) is 0 Å². The first-order valence-corrected chi connectivity index (χ1v) is 27.5. The van der Waals surface area contributed by atoms with Crippen LogP contribution >= 0.6 is 15.6 Å². The predicted molar refractivity (Wildman–Crippen MR) is 252 cm³/mol. The van der Waals surface area contributed by atoms with Gasteiger partial charge in [0.2, 0.25) is 0 Å². The molecule has 2 rings (SSSR count). The first-order chi connectivity index (χ1) is 32.3. The van der Waals surface area contributed by atoms with Crippen LogP contribution in [0.15, 0.2) is 48.6 Å². The highest BCUT2D eigenvalue weighted by atomic mass is 31.2. The number of aliphatic hydroxyl groups is 7. The van der Waals surface area contributed by atoms with Gasteiger partial charge >= 0.3 is 27.6 Å². The van der Waals surface area contributed by atoms with Gasteiger partial charge in [-0.15, -0.1) is 0 Å². The molecule has 0 spiro atoms. The molecule has 13 atom stereocenters. The zero-order chi connectivity index (χ0) is 50.5. The molecule has 0 aromatic heterocycles. The monoisotopic (exact) mass is 1010 g/mol. The summed E-state index contributed by atoms with van der Waals surface area (Å²) < 4.78 is 52.3. The Bertz CT molecular complexity index is 1620. The Morgan fingerprint density at radius 3 is 2.16 bits per heavy atom. The Balaban J connectivity index is 2.36. The molecule has 1 aliphatic heterocycles. The number of ether oxygens (including phenoxy) is 2. The number of hydrogen-bond acceptors (Lipinski definition) is 16. The van der Waals surface area contributed by atoms with Crippen molar-refractivity contribution in [2.24, 2.45) is 11.8 Å². The number of carbonyl (C=O) groups excluding carboxylic acids is 2. The van der Waals surface area contributed by atoms with Gasteiger partial charge in [-0.3, -0.25) is 23.2 Å². The highest BCUT2D eigenvalue weighted by Gasteiger charge is 2.51. The normalized spacial score (nSPS) is 32.0. The maximum Gasteiger partial charge on any atom is 0.472 e. The van der Waals surface area contributed by atoms with E-state index in [-0.39, 0.29) is 32.1 Å². The molecule has 1 heterocycles. The Morgan fingerprint density at radius 2 is 1.47 bits per heavy atom. The van der Waals surface area contributed by atoms with E-state index in [2.05, 4.69) is 43.4 Å². The van der Waals surface area contributed by atoms with Crippen molar-refractivity contribution in [2.75, 3.05) is 13.2 Å². The van der Waals surface area contributed by atoms with Gasteiger partial charge in [0.25, 0.3) is 0 Å². The van der Waals surface area contributed by atoms with Gasteiger partial charge in [0.05, 0.1) is 37.1 Å². The van der Waals surface area contributed by atoms with E-state index < -0.39 is 120 Å². The molecule has 19 nitrogen and oxygen atoms in total. The van der Waals surface area contributed by atoms with Crippen molar-refractivity contribution in [2.45, 2.75) is 210 Å². The first-order valence-electron chi connectivity index (χ1n) is 24.4. The van der Waals surface area contributed by atoms with Crippen LogP contribution in [0.4, 0.5) is 0 Å². The van der Waals surface area contributed by atoms with Crippen molar-refractivity contribution >= 4 is 27.6 Å². The Hall–Kier alpha value is -2.16. The molecular formula is C47H82O19P2. The molecule has 1 saturated carbocycles. The molecule has 1 unspecified atom stereocenters. The number of unbranched alkanes of at least 4 members (excludes halogenated alkanes) is 7. The van der Waals surface area contributed by atoms with Crippen LogP contribution in [0.25, 0.3) is 0 Å². The summed E-state index contributed by atoms with van der Waals surface area (Å²) >= 11 is 0. The standard InChI is InChI=1S/C47H82O19P2/c1-3-5-7-8-9-10-11-12-13-14-15-16-17-18-24-28-41(52)64-35-32-62-40(51)27-23-20-19-22-26-36-38(49)31-39(50)37(30-29-34(48)25-21-6-4-2)43(54)46(65-67(57,58)59)47(45(56)44(55)42(36)53)66-68(60,61)63-33-35/h5,7,9-10,12-13,29-30,34-39,42-50,53-56H,3-4,6,8,11,14-28,31-33H2,1-2H3,(H,60,61)(H2,57,58,59)/b7-5-,10-9-,13-12-,30-29+/t34-,35+,36-,37-,38-,39+,42+,43+,44-,45+,46+,47-/m0/s1. The smallest absolute Gasteiger partial charge is 0.462 e. The fraction of sp³-hybridized carbons (Fsp3) is 0.787. The van der Waals surface area contributed by atoms with E-state index in [9.17, 15) is 69.1 Å². The number of cyclic esters (lactones) is 1. The Labute approximate surface area is 402 Å². The van der Waals surface area contributed by atoms with Crippen LogP contribution in [-0.2, 0) is 41.8 Å². The molecular weight excluding hydrogens is 930 g/mol. The van der Waals surface area contributed by atoms with Crippen molar-refractivity contribution in [3.05, 3.63) is 48.6 Å². The number of carbonyl (C=O) groups is 2. The van der Waals surface area contributed by atoms with Crippen LogP contribution < -0.4 is 0 Å². The quantitative estimate of drug-likeness (QED) is 0.0270. The third-order valence-electron chi connectivity index (χ3n) is 12.0. The van der Waals surface area contributed by atoms with E-state index in [1.807, 2.05) is 6.92 Å². The zero-order valence-corrected chi connectivity index (χ0v) is 41.6. The lowest BCUT2D eigenvalue weighted by atomic mass is 9.82. The van der Waals surface area contributed by atoms with E-state index >= 15 is 0 Å². The maximum absolute atomic E-state index is 13.8. The van der Waals surface area contributed by atoms with Crippen molar-refractivity contribution in [3.63, 3.8) is 0 Å². The molecule has 68 heavy (non-hydrogen) atoms. The van der Waals surface area contributed by atoms with Gasteiger partial charge in [-0.1, -0.05) is 120 Å². The summed E-state index contributed by atoms with van der Waals surface area (Å²) in [5.74, 6) is -4.41. The summed E-state index contributed by atoms with van der Waals surface area (Å²) in [5.41, 5.74) is 0. The number of aliphatic hydroxyl groups excluding tert-OH is 7.